The number of aryl methyl sites for hydroxylation is 2. The summed E-state index contributed by atoms with van der Waals surface area (Å²) in [7, 11) is 0. The minimum absolute atomic E-state index is 0.0394. The Kier molecular flexibility index (Phi) is 7.95. The van der Waals surface area contributed by atoms with E-state index in [1.807, 2.05) is 30.3 Å². The molecule has 3 rings (SSSR count). The van der Waals surface area contributed by atoms with Crippen LogP contribution in [0.1, 0.15) is 29.5 Å². The van der Waals surface area contributed by atoms with Crippen LogP contribution in [0.2, 0.25) is 0 Å². The summed E-state index contributed by atoms with van der Waals surface area (Å²) in [6, 6.07) is 26.5. The molecule has 0 aromatic heterocycles. The average molecular weight is 376 g/mol. The van der Waals surface area contributed by atoms with Crippen LogP contribution in [0.15, 0.2) is 78.9 Å². The monoisotopic (exact) mass is 376 g/mol. The van der Waals surface area contributed by atoms with E-state index in [9.17, 15) is 5.11 Å². The van der Waals surface area contributed by atoms with Crippen LogP contribution in [0.4, 0.5) is 0 Å². The van der Waals surface area contributed by atoms with Crippen molar-refractivity contribution in [2.75, 3.05) is 13.2 Å². The number of rotatable bonds is 11. The molecular weight excluding hydrogens is 348 g/mol. The molecule has 0 radical (unpaired) electrons. The molecular formula is C25H28O3. The van der Waals surface area contributed by atoms with E-state index in [0.717, 1.165) is 37.0 Å². The molecule has 1 N–H and O–H groups in total. The van der Waals surface area contributed by atoms with Crippen LogP contribution in [-0.2, 0) is 19.4 Å². The molecule has 3 aromatic rings. The van der Waals surface area contributed by atoms with Crippen molar-refractivity contribution in [3.8, 4) is 11.5 Å². The lowest BCUT2D eigenvalue weighted by Gasteiger charge is -2.13. The third-order valence-electron chi connectivity index (χ3n) is 4.64. The molecule has 0 atom stereocenters. The van der Waals surface area contributed by atoms with Crippen molar-refractivity contribution in [3.63, 3.8) is 0 Å². The molecule has 0 aliphatic heterocycles. The maximum atomic E-state index is 9.56. The fourth-order valence-electron chi connectivity index (χ4n) is 3.10. The zero-order chi connectivity index (χ0) is 19.4. The van der Waals surface area contributed by atoms with E-state index >= 15 is 0 Å². The SMILES string of the molecule is OCc1ccc(OCCCc2ccccc2)cc1OCCCc1ccccc1. The van der Waals surface area contributed by atoms with Gasteiger partial charge in [-0.25, -0.2) is 0 Å². The number of hydrogen-bond acceptors (Lipinski definition) is 3. The fourth-order valence-corrected chi connectivity index (χ4v) is 3.10. The molecule has 0 aliphatic carbocycles. The van der Waals surface area contributed by atoms with Gasteiger partial charge < -0.3 is 14.6 Å². The van der Waals surface area contributed by atoms with E-state index in [2.05, 4.69) is 48.5 Å². The molecule has 28 heavy (non-hydrogen) atoms. The fraction of sp³-hybridized carbons (Fsp3) is 0.280. The predicted molar refractivity (Wildman–Crippen MR) is 113 cm³/mol. The van der Waals surface area contributed by atoms with Crippen molar-refractivity contribution in [2.24, 2.45) is 0 Å². The van der Waals surface area contributed by atoms with Crippen LogP contribution >= 0.6 is 0 Å². The Morgan fingerprint density at radius 3 is 1.79 bits per heavy atom. The molecule has 0 unspecified atom stereocenters. The highest BCUT2D eigenvalue weighted by molar-refractivity contribution is 5.40. The Hall–Kier alpha value is -2.78. The predicted octanol–water partition coefficient (Wildman–Crippen LogP) is 5.20. The van der Waals surface area contributed by atoms with Gasteiger partial charge in [-0.2, -0.15) is 0 Å². The van der Waals surface area contributed by atoms with Gasteiger partial charge in [-0.05, 0) is 48.9 Å². The minimum atomic E-state index is -0.0394. The number of benzene rings is 3. The van der Waals surface area contributed by atoms with Crippen LogP contribution in [-0.4, -0.2) is 18.3 Å². The van der Waals surface area contributed by atoms with Crippen LogP contribution in [0.3, 0.4) is 0 Å². The molecule has 0 spiro atoms. The Bertz CT molecular complexity index is 816. The summed E-state index contributed by atoms with van der Waals surface area (Å²) >= 11 is 0. The van der Waals surface area contributed by atoms with Gasteiger partial charge in [0.05, 0.1) is 19.8 Å². The third-order valence-corrected chi connectivity index (χ3v) is 4.64. The van der Waals surface area contributed by atoms with Crippen molar-refractivity contribution in [1.29, 1.82) is 0 Å². The van der Waals surface area contributed by atoms with E-state index in [4.69, 9.17) is 9.47 Å². The maximum Gasteiger partial charge on any atom is 0.128 e. The van der Waals surface area contributed by atoms with E-state index < -0.39 is 0 Å². The second-order valence-corrected chi connectivity index (χ2v) is 6.80. The first kappa shape index (κ1) is 20.0. The Balaban J connectivity index is 1.45. The first-order chi connectivity index (χ1) is 13.8. The summed E-state index contributed by atoms with van der Waals surface area (Å²) in [6.45, 7) is 1.22. The first-order valence-electron chi connectivity index (χ1n) is 9.92. The molecule has 0 amide bonds. The zero-order valence-corrected chi connectivity index (χ0v) is 16.2. The summed E-state index contributed by atoms with van der Waals surface area (Å²) in [6.07, 6.45) is 3.86. The lowest BCUT2D eigenvalue weighted by Crippen LogP contribution is -2.04. The second-order valence-electron chi connectivity index (χ2n) is 6.80. The van der Waals surface area contributed by atoms with Crippen LogP contribution in [0.25, 0.3) is 0 Å². The van der Waals surface area contributed by atoms with Gasteiger partial charge in [-0.1, -0.05) is 60.7 Å². The lowest BCUT2D eigenvalue weighted by molar-refractivity contribution is 0.258. The smallest absolute Gasteiger partial charge is 0.128 e. The van der Waals surface area contributed by atoms with Crippen molar-refractivity contribution in [1.82, 2.24) is 0 Å². The molecule has 0 saturated carbocycles. The second kappa shape index (κ2) is 11.2. The molecule has 0 aliphatic rings. The molecule has 3 aromatic carbocycles. The topological polar surface area (TPSA) is 38.7 Å². The Morgan fingerprint density at radius 1 is 0.643 bits per heavy atom. The number of aliphatic hydroxyl groups excluding tert-OH is 1. The van der Waals surface area contributed by atoms with Crippen LogP contribution < -0.4 is 9.47 Å². The van der Waals surface area contributed by atoms with Crippen molar-refractivity contribution in [3.05, 3.63) is 95.6 Å². The normalized spacial score (nSPS) is 10.6. The van der Waals surface area contributed by atoms with Crippen molar-refractivity contribution >= 4 is 0 Å². The average Bonchev–Trinajstić information content (AvgIpc) is 2.76. The van der Waals surface area contributed by atoms with Gasteiger partial charge in [0, 0.05) is 11.6 Å². The molecule has 146 valence electrons. The highest BCUT2D eigenvalue weighted by atomic mass is 16.5. The largest absolute Gasteiger partial charge is 0.493 e. The highest BCUT2D eigenvalue weighted by Gasteiger charge is 2.06. The third kappa shape index (κ3) is 6.43. The summed E-state index contributed by atoms with van der Waals surface area (Å²) in [5.41, 5.74) is 3.42. The number of aliphatic hydroxyl groups is 1. The molecule has 0 bridgehead atoms. The van der Waals surface area contributed by atoms with Gasteiger partial charge in [0.1, 0.15) is 11.5 Å². The maximum absolute atomic E-state index is 9.56. The van der Waals surface area contributed by atoms with Gasteiger partial charge in [-0.3, -0.25) is 0 Å². The molecule has 0 heterocycles. The summed E-state index contributed by atoms with van der Waals surface area (Å²) in [5, 5.41) is 9.56. The van der Waals surface area contributed by atoms with Gasteiger partial charge in [0.25, 0.3) is 0 Å². The molecule has 3 nitrogen and oxygen atoms in total. The molecule has 0 fully saturated rings. The standard InChI is InChI=1S/C25H28O3/c26-20-23-15-16-24(27-17-7-13-21-9-3-1-4-10-21)19-25(23)28-18-8-14-22-11-5-2-6-12-22/h1-6,9-12,15-16,19,26H,7-8,13-14,17-18,20H2. The Morgan fingerprint density at radius 2 is 1.21 bits per heavy atom. The quantitative estimate of drug-likeness (QED) is 0.467. The van der Waals surface area contributed by atoms with Crippen LogP contribution in [0.5, 0.6) is 11.5 Å². The van der Waals surface area contributed by atoms with E-state index in [1.165, 1.54) is 11.1 Å². The Labute approximate surface area is 167 Å². The van der Waals surface area contributed by atoms with Gasteiger partial charge >= 0.3 is 0 Å². The van der Waals surface area contributed by atoms with Gasteiger partial charge in [0.15, 0.2) is 0 Å². The van der Waals surface area contributed by atoms with Crippen molar-refractivity contribution in [2.45, 2.75) is 32.3 Å². The van der Waals surface area contributed by atoms with Crippen LogP contribution in [0, 0.1) is 0 Å². The zero-order valence-electron chi connectivity index (χ0n) is 16.2. The van der Waals surface area contributed by atoms with Crippen molar-refractivity contribution < 1.29 is 14.6 Å². The highest BCUT2D eigenvalue weighted by Crippen LogP contribution is 2.25. The summed E-state index contributed by atoms with van der Waals surface area (Å²) < 4.78 is 11.8. The van der Waals surface area contributed by atoms with E-state index in [1.54, 1.807) is 0 Å². The van der Waals surface area contributed by atoms with Gasteiger partial charge in [0.2, 0.25) is 0 Å². The lowest BCUT2D eigenvalue weighted by atomic mass is 10.1. The number of hydrogen-bond donors (Lipinski definition) is 1. The number of ether oxygens (including phenoxy) is 2. The summed E-state index contributed by atoms with van der Waals surface area (Å²) in [4.78, 5) is 0. The summed E-state index contributed by atoms with van der Waals surface area (Å²) in [5.74, 6) is 1.49. The van der Waals surface area contributed by atoms with Gasteiger partial charge in [-0.15, -0.1) is 0 Å². The molecule has 3 heteroatoms. The van der Waals surface area contributed by atoms with E-state index in [-0.39, 0.29) is 6.61 Å². The minimum Gasteiger partial charge on any atom is -0.493 e. The first-order valence-corrected chi connectivity index (χ1v) is 9.92. The molecule has 0 saturated heterocycles. The van der Waals surface area contributed by atoms with E-state index in [0.29, 0.717) is 19.0 Å².